The first-order valence-electron chi connectivity index (χ1n) is 3.79. The Hall–Kier alpha value is -1.45. The van der Waals surface area contributed by atoms with Gasteiger partial charge in [0, 0.05) is 5.57 Å². The summed E-state index contributed by atoms with van der Waals surface area (Å²) >= 11 is 0. The van der Waals surface area contributed by atoms with E-state index in [9.17, 15) is 14.4 Å². The summed E-state index contributed by atoms with van der Waals surface area (Å²) in [5, 5.41) is 0. The Morgan fingerprint density at radius 1 is 1.15 bits per heavy atom. The van der Waals surface area contributed by atoms with Crippen LogP contribution in [0.15, 0.2) is 11.6 Å². The second-order valence-corrected chi connectivity index (χ2v) is 2.72. The van der Waals surface area contributed by atoms with Crippen LogP contribution in [0.25, 0.3) is 0 Å². The molecule has 0 N–H and O–H groups in total. The Kier molecular flexibility index (Phi) is 4.66. The molecule has 0 unspecified atom stereocenters. The van der Waals surface area contributed by atoms with Crippen molar-refractivity contribution < 1.29 is 19.1 Å². The lowest BCUT2D eigenvalue weighted by Crippen LogP contribution is -2.12. The summed E-state index contributed by atoms with van der Waals surface area (Å²) in [4.78, 5) is 32.0. The van der Waals surface area contributed by atoms with Gasteiger partial charge in [-0.15, -0.1) is 0 Å². The van der Waals surface area contributed by atoms with E-state index >= 15 is 0 Å². The number of rotatable bonds is 4. The van der Waals surface area contributed by atoms with Gasteiger partial charge in [0.2, 0.25) is 0 Å². The van der Waals surface area contributed by atoms with Crippen molar-refractivity contribution >= 4 is 17.5 Å². The van der Waals surface area contributed by atoms with Gasteiger partial charge in [0.05, 0.1) is 0 Å². The maximum Gasteiger partial charge on any atom is 0.334 e. The molecule has 4 heteroatoms. The average molecular weight is 184 g/mol. The number of Topliss-reactive ketones (excluding diaryl/α,β-unsaturated/α-hetero) is 1. The number of carbonyl (C=O) groups excluding carboxylic acids is 3. The SMILES string of the molecule is CC(=O)C=C(C)C(=O)OCC(C)=O. The van der Waals surface area contributed by atoms with Gasteiger partial charge in [-0.1, -0.05) is 0 Å². The lowest BCUT2D eigenvalue weighted by atomic mass is 10.2. The molecule has 0 aromatic heterocycles. The summed E-state index contributed by atoms with van der Waals surface area (Å²) in [7, 11) is 0. The van der Waals surface area contributed by atoms with Crippen LogP contribution in [0.3, 0.4) is 0 Å². The third-order valence-corrected chi connectivity index (χ3v) is 1.15. The molecule has 0 rings (SSSR count). The molecule has 0 atom stereocenters. The minimum absolute atomic E-state index is 0.203. The molecule has 0 aromatic carbocycles. The highest BCUT2D eigenvalue weighted by molar-refractivity contribution is 5.98. The Balaban J connectivity index is 4.12. The van der Waals surface area contributed by atoms with Gasteiger partial charge in [0.25, 0.3) is 0 Å². The Morgan fingerprint density at radius 3 is 2.08 bits per heavy atom. The van der Waals surface area contributed by atoms with Gasteiger partial charge in [0.15, 0.2) is 11.6 Å². The molecule has 0 amide bonds. The van der Waals surface area contributed by atoms with Gasteiger partial charge in [-0.3, -0.25) is 9.59 Å². The molecule has 4 nitrogen and oxygen atoms in total. The molecule has 0 bridgehead atoms. The monoisotopic (exact) mass is 184 g/mol. The highest BCUT2D eigenvalue weighted by Crippen LogP contribution is 1.96. The van der Waals surface area contributed by atoms with Crippen molar-refractivity contribution in [2.45, 2.75) is 20.8 Å². The molecule has 0 aromatic rings. The lowest BCUT2D eigenvalue weighted by molar-refractivity contribution is -0.143. The number of carbonyl (C=O) groups is 3. The van der Waals surface area contributed by atoms with E-state index in [1.54, 1.807) is 0 Å². The lowest BCUT2D eigenvalue weighted by Gasteiger charge is -2.00. The Bertz CT molecular complexity index is 263. The summed E-state index contributed by atoms with van der Waals surface area (Å²) in [6, 6.07) is 0. The van der Waals surface area contributed by atoms with Gasteiger partial charge in [-0.25, -0.2) is 4.79 Å². The molecule has 0 saturated carbocycles. The summed E-state index contributed by atoms with van der Waals surface area (Å²) in [6.07, 6.45) is 1.17. The highest BCUT2D eigenvalue weighted by Gasteiger charge is 2.07. The number of ether oxygens (including phenoxy) is 1. The summed E-state index contributed by atoms with van der Waals surface area (Å²) in [5.41, 5.74) is 0.203. The van der Waals surface area contributed by atoms with E-state index in [0.29, 0.717) is 0 Å². The molecule has 0 fully saturated rings. The standard InChI is InChI=1S/C9H12O4/c1-6(4-7(2)10)9(12)13-5-8(3)11/h4H,5H2,1-3H3. The molecule has 0 radical (unpaired) electrons. The van der Waals surface area contributed by atoms with E-state index < -0.39 is 5.97 Å². The van der Waals surface area contributed by atoms with Crippen LogP contribution in [0.2, 0.25) is 0 Å². The molecule has 0 heterocycles. The fourth-order valence-corrected chi connectivity index (χ4v) is 0.645. The van der Waals surface area contributed by atoms with Gasteiger partial charge in [-0.05, 0) is 26.8 Å². The molecule has 0 aliphatic carbocycles. The molecule has 0 aliphatic rings. The Morgan fingerprint density at radius 2 is 1.69 bits per heavy atom. The maximum atomic E-state index is 11.0. The molecule has 0 aliphatic heterocycles. The van der Waals surface area contributed by atoms with Crippen molar-refractivity contribution in [3.05, 3.63) is 11.6 Å². The van der Waals surface area contributed by atoms with Crippen LogP contribution in [0.4, 0.5) is 0 Å². The smallest absolute Gasteiger partial charge is 0.334 e. The maximum absolute atomic E-state index is 11.0. The second-order valence-electron chi connectivity index (χ2n) is 2.72. The molecule has 0 spiro atoms. The van der Waals surface area contributed by atoms with E-state index in [1.165, 1.54) is 26.8 Å². The van der Waals surface area contributed by atoms with Gasteiger partial charge in [0.1, 0.15) is 6.61 Å². The van der Waals surface area contributed by atoms with Crippen LogP contribution in [0, 0.1) is 0 Å². The predicted octanol–water partition coefficient (Wildman–Crippen LogP) is 0.654. The number of hydrogen-bond donors (Lipinski definition) is 0. The van der Waals surface area contributed by atoms with Crippen molar-refractivity contribution in [2.24, 2.45) is 0 Å². The van der Waals surface area contributed by atoms with Gasteiger partial charge >= 0.3 is 5.97 Å². The normalized spacial score (nSPS) is 10.8. The van der Waals surface area contributed by atoms with Crippen molar-refractivity contribution in [3.8, 4) is 0 Å². The number of allylic oxidation sites excluding steroid dienone is 1. The Labute approximate surface area is 76.6 Å². The van der Waals surface area contributed by atoms with Crippen molar-refractivity contribution in [2.75, 3.05) is 6.61 Å². The zero-order chi connectivity index (χ0) is 10.4. The fourth-order valence-electron chi connectivity index (χ4n) is 0.645. The number of esters is 1. The topological polar surface area (TPSA) is 60.4 Å². The fraction of sp³-hybridized carbons (Fsp3) is 0.444. The zero-order valence-electron chi connectivity index (χ0n) is 7.92. The van der Waals surface area contributed by atoms with Gasteiger partial charge < -0.3 is 4.74 Å². The van der Waals surface area contributed by atoms with Crippen LogP contribution in [-0.4, -0.2) is 24.1 Å². The van der Waals surface area contributed by atoms with Crippen LogP contribution >= 0.6 is 0 Å². The molecular weight excluding hydrogens is 172 g/mol. The zero-order valence-corrected chi connectivity index (χ0v) is 7.92. The van der Waals surface area contributed by atoms with Crippen molar-refractivity contribution in [3.63, 3.8) is 0 Å². The molecule has 13 heavy (non-hydrogen) atoms. The van der Waals surface area contributed by atoms with Crippen LogP contribution < -0.4 is 0 Å². The summed E-state index contributed by atoms with van der Waals surface area (Å²) < 4.78 is 4.56. The van der Waals surface area contributed by atoms with E-state index in [4.69, 9.17) is 0 Å². The van der Waals surface area contributed by atoms with Crippen LogP contribution in [-0.2, 0) is 19.1 Å². The predicted molar refractivity (Wildman–Crippen MR) is 46.1 cm³/mol. The first-order chi connectivity index (χ1) is 5.93. The molecule has 72 valence electrons. The van der Waals surface area contributed by atoms with Gasteiger partial charge in [-0.2, -0.15) is 0 Å². The molecular formula is C9H12O4. The number of hydrogen-bond acceptors (Lipinski definition) is 4. The van der Waals surface area contributed by atoms with Crippen molar-refractivity contribution in [1.29, 1.82) is 0 Å². The minimum atomic E-state index is -0.634. The summed E-state index contributed by atoms with van der Waals surface area (Å²) in [5.74, 6) is -1.09. The third-order valence-electron chi connectivity index (χ3n) is 1.15. The first kappa shape index (κ1) is 11.6. The van der Waals surface area contributed by atoms with E-state index in [-0.39, 0.29) is 23.7 Å². The largest absolute Gasteiger partial charge is 0.454 e. The van der Waals surface area contributed by atoms with E-state index in [0.717, 1.165) is 0 Å². The quantitative estimate of drug-likeness (QED) is 0.475. The second kappa shape index (κ2) is 5.24. The summed E-state index contributed by atoms with van der Waals surface area (Å²) in [6.45, 7) is 3.87. The highest BCUT2D eigenvalue weighted by atomic mass is 16.5. The van der Waals surface area contributed by atoms with Crippen molar-refractivity contribution in [1.82, 2.24) is 0 Å². The third kappa shape index (κ3) is 5.78. The van der Waals surface area contributed by atoms with Crippen LogP contribution in [0.1, 0.15) is 20.8 Å². The van der Waals surface area contributed by atoms with E-state index in [1.807, 2.05) is 0 Å². The minimum Gasteiger partial charge on any atom is -0.454 e. The van der Waals surface area contributed by atoms with E-state index in [2.05, 4.69) is 4.74 Å². The first-order valence-corrected chi connectivity index (χ1v) is 3.79. The average Bonchev–Trinajstić information content (AvgIpc) is 1.98. The number of ketones is 2. The van der Waals surface area contributed by atoms with Crippen LogP contribution in [0.5, 0.6) is 0 Å². The molecule has 0 saturated heterocycles.